The van der Waals surface area contributed by atoms with E-state index in [4.69, 9.17) is 4.74 Å². The molecule has 0 bridgehead atoms. The highest BCUT2D eigenvalue weighted by Crippen LogP contribution is 2.21. The van der Waals surface area contributed by atoms with Crippen LogP contribution in [0.4, 0.5) is 0 Å². The van der Waals surface area contributed by atoms with Gasteiger partial charge in [0.25, 0.3) is 0 Å². The average Bonchev–Trinajstić information content (AvgIpc) is 2.38. The first-order chi connectivity index (χ1) is 8.69. The summed E-state index contributed by atoms with van der Waals surface area (Å²) in [4.78, 5) is 2.20. The van der Waals surface area contributed by atoms with E-state index in [1.54, 1.807) is 7.11 Å². The third-order valence-corrected chi connectivity index (χ3v) is 2.83. The Hall–Kier alpha value is -1.50. The average molecular weight is 246 g/mol. The first-order valence-corrected chi connectivity index (χ1v) is 6.09. The normalized spacial score (nSPS) is 11.8. The van der Waals surface area contributed by atoms with Crippen molar-refractivity contribution in [2.75, 3.05) is 34.3 Å². The second kappa shape index (κ2) is 7.75. The van der Waals surface area contributed by atoms with Gasteiger partial charge < -0.3 is 15.0 Å². The number of nitrogens with zero attached hydrogens (tertiary/aromatic N) is 1. The van der Waals surface area contributed by atoms with Crippen molar-refractivity contribution >= 4 is 0 Å². The molecule has 3 heteroatoms. The summed E-state index contributed by atoms with van der Waals surface area (Å²) >= 11 is 0. The van der Waals surface area contributed by atoms with Gasteiger partial charge in [0.2, 0.25) is 0 Å². The van der Waals surface area contributed by atoms with E-state index in [0.717, 1.165) is 18.8 Å². The van der Waals surface area contributed by atoms with Crippen LogP contribution in [0.1, 0.15) is 18.5 Å². The molecule has 0 aromatic heterocycles. The molecule has 0 aliphatic rings. The topological polar surface area (TPSA) is 24.5 Å². The van der Waals surface area contributed by atoms with Crippen molar-refractivity contribution in [3.8, 4) is 17.6 Å². The smallest absolute Gasteiger partial charge is 0.119 e. The summed E-state index contributed by atoms with van der Waals surface area (Å²) in [6.07, 6.45) is 0. The molecular weight excluding hydrogens is 224 g/mol. The molecule has 0 amide bonds. The van der Waals surface area contributed by atoms with E-state index >= 15 is 0 Å². The van der Waals surface area contributed by atoms with Crippen molar-refractivity contribution in [3.05, 3.63) is 29.8 Å². The minimum Gasteiger partial charge on any atom is -0.497 e. The summed E-state index contributed by atoms with van der Waals surface area (Å²) in [6, 6.07) is 8.51. The molecule has 18 heavy (non-hydrogen) atoms. The number of ether oxygens (including phenoxy) is 1. The fourth-order valence-corrected chi connectivity index (χ4v) is 1.81. The number of rotatable bonds is 6. The monoisotopic (exact) mass is 246 g/mol. The predicted octanol–water partition coefficient (Wildman–Crippen LogP) is 1.91. The third kappa shape index (κ3) is 4.40. The zero-order chi connectivity index (χ0) is 13.4. The Morgan fingerprint density at radius 1 is 1.39 bits per heavy atom. The van der Waals surface area contributed by atoms with E-state index in [0.29, 0.717) is 6.04 Å². The standard InChI is InChI=1S/C15H22N2O/c1-5-6-10-16-12-15(17(2)3)13-8-7-9-14(11-13)18-4/h7-9,11,15-16H,10,12H2,1-4H3. The molecule has 0 spiro atoms. The van der Waals surface area contributed by atoms with Crippen molar-refractivity contribution in [2.24, 2.45) is 0 Å². The van der Waals surface area contributed by atoms with Crippen LogP contribution in [0, 0.1) is 11.8 Å². The van der Waals surface area contributed by atoms with Gasteiger partial charge in [-0.25, -0.2) is 0 Å². The molecule has 0 radical (unpaired) electrons. The molecule has 0 aliphatic carbocycles. The molecule has 0 heterocycles. The molecule has 1 aromatic rings. The van der Waals surface area contributed by atoms with Gasteiger partial charge in [0.15, 0.2) is 0 Å². The summed E-state index contributed by atoms with van der Waals surface area (Å²) in [5, 5.41) is 3.35. The van der Waals surface area contributed by atoms with Gasteiger partial charge in [-0.1, -0.05) is 18.1 Å². The lowest BCUT2D eigenvalue weighted by Crippen LogP contribution is -2.31. The predicted molar refractivity (Wildman–Crippen MR) is 75.7 cm³/mol. The van der Waals surface area contributed by atoms with Crippen LogP contribution in [0.2, 0.25) is 0 Å². The number of hydrogen-bond acceptors (Lipinski definition) is 3. The summed E-state index contributed by atoms with van der Waals surface area (Å²) < 4.78 is 5.27. The summed E-state index contributed by atoms with van der Waals surface area (Å²) in [7, 11) is 5.85. The molecule has 1 unspecified atom stereocenters. The molecule has 1 atom stereocenters. The van der Waals surface area contributed by atoms with Crippen LogP contribution >= 0.6 is 0 Å². The van der Waals surface area contributed by atoms with Crippen LogP contribution in [-0.4, -0.2) is 39.2 Å². The van der Waals surface area contributed by atoms with Crippen LogP contribution in [0.15, 0.2) is 24.3 Å². The van der Waals surface area contributed by atoms with Gasteiger partial charge in [0.1, 0.15) is 5.75 Å². The van der Waals surface area contributed by atoms with Crippen LogP contribution in [-0.2, 0) is 0 Å². The van der Waals surface area contributed by atoms with E-state index in [1.807, 2.05) is 19.1 Å². The van der Waals surface area contributed by atoms with Crippen LogP contribution < -0.4 is 10.1 Å². The van der Waals surface area contributed by atoms with Crippen molar-refractivity contribution in [2.45, 2.75) is 13.0 Å². The SMILES string of the molecule is CC#CCNCC(c1cccc(OC)c1)N(C)C. The first kappa shape index (κ1) is 14.6. The fourth-order valence-electron chi connectivity index (χ4n) is 1.81. The molecule has 3 nitrogen and oxygen atoms in total. The van der Waals surface area contributed by atoms with E-state index in [1.165, 1.54) is 5.56 Å². The number of nitrogens with one attached hydrogen (secondary N) is 1. The Bertz CT molecular complexity index is 418. The molecule has 1 rings (SSSR count). The largest absolute Gasteiger partial charge is 0.497 e. The zero-order valence-electron chi connectivity index (χ0n) is 11.7. The van der Waals surface area contributed by atoms with Gasteiger partial charge in [-0.3, -0.25) is 0 Å². The summed E-state index contributed by atoms with van der Waals surface area (Å²) in [6.45, 7) is 3.45. The fraction of sp³-hybridized carbons (Fsp3) is 0.467. The molecule has 0 saturated heterocycles. The number of benzene rings is 1. The number of methoxy groups -OCH3 is 1. The zero-order valence-corrected chi connectivity index (χ0v) is 11.7. The van der Waals surface area contributed by atoms with E-state index in [2.05, 4.69) is 48.3 Å². The summed E-state index contributed by atoms with van der Waals surface area (Å²) in [5.41, 5.74) is 1.25. The quantitative estimate of drug-likeness (QED) is 0.613. The first-order valence-electron chi connectivity index (χ1n) is 6.09. The van der Waals surface area contributed by atoms with Gasteiger partial charge in [-0.15, -0.1) is 5.92 Å². The molecular formula is C15H22N2O. The maximum Gasteiger partial charge on any atom is 0.119 e. The minimum atomic E-state index is 0.318. The Labute approximate surface area is 110 Å². The molecule has 0 aliphatic heterocycles. The van der Waals surface area contributed by atoms with E-state index < -0.39 is 0 Å². The Morgan fingerprint density at radius 2 is 2.17 bits per heavy atom. The highest BCUT2D eigenvalue weighted by Gasteiger charge is 2.13. The maximum absolute atomic E-state index is 5.27. The third-order valence-electron chi connectivity index (χ3n) is 2.83. The lowest BCUT2D eigenvalue weighted by Gasteiger charge is -2.25. The lowest BCUT2D eigenvalue weighted by atomic mass is 10.1. The molecule has 98 valence electrons. The van der Waals surface area contributed by atoms with Crippen LogP contribution in [0.25, 0.3) is 0 Å². The molecule has 0 saturated carbocycles. The highest BCUT2D eigenvalue weighted by atomic mass is 16.5. The molecule has 1 aromatic carbocycles. The van der Waals surface area contributed by atoms with Crippen molar-refractivity contribution < 1.29 is 4.74 Å². The Balaban J connectivity index is 2.72. The number of likely N-dealkylation sites (N-methyl/N-ethyl adjacent to an activating group) is 1. The summed E-state index contributed by atoms with van der Waals surface area (Å²) in [5.74, 6) is 6.79. The molecule has 0 fully saturated rings. The second-order valence-electron chi connectivity index (χ2n) is 4.31. The Morgan fingerprint density at radius 3 is 2.78 bits per heavy atom. The van der Waals surface area contributed by atoms with Crippen molar-refractivity contribution in [1.29, 1.82) is 0 Å². The minimum absolute atomic E-state index is 0.318. The van der Waals surface area contributed by atoms with Gasteiger partial charge in [0.05, 0.1) is 13.7 Å². The van der Waals surface area contributed by atoms with E-state index in [9.17, 15) is 0 Å². The van der Waals surface area contributed by atoms with Crippen LogP contribution in [0.5, 0.6) is 5.75 Å². The van der Waals surface area contributed by atoms with Gasteiger partial charge in [-0.05, 0) is 38.7 Å². The Kier molecular flexibility index (Phi) is 6.27. The maximum atomic E-state index is 5.27. The van der Waals surface area contributed by atoms with Crippen molar-refractivity contribution in [1.82, 2.24) is 10.2 Å². The second-order valence-corrected chi connectivity index (χ2v) is 4.31. The van der Waals surface area contributed by atoms with Gasteiger partial charge >= 0.3 is 0 Å². The van der Waals surface area contributed by atoms with Gasteiger partial charge in [-0.2, -0.15) is 0 Å². The van der Waals surface area contributed by atoms with Crippen molar-refractivity contribution in [3.63, 3.8) is 0 Å². The van der Waals surface area contributed by atoms with Gasteiger partial charge in [0, 0.05) is 12.6 Å². The highest BCUT2D eigenvalue weighted by molar-refractivity contribution is 5.30. The number of hydrogen-bond donors (Lipinski definition) is 1. The molecule has 1 N–H and O–H groups in total. The van der Waals surface area contributed by atoms with Crippen LogP contribution in [0.3, 0.4) is 0 Å². The lowest BCUT2D eigenvalue weighted by molar-refractivity contribution is 0.291. The van der Waals surface area contributed by atoms with E-state index in [-0.39, 0.29) is 0 Å².